The van der Waals surface area contributed by atoms with Crippen LogP contribution in [0, 0.1) is 34.5 Å². The maximum absolute atomic E-state index is 11.2. The molecular weight excluding hydrogens is 338 g/mol. The zero-order valence-electron chi connectivity index (χ0n) is 17.3. The van der Waals surface area contributed by atoms with Crippen LogP contribution in [0.1, 0.15) is 79.1 Å². The number of fused-ring (bicyclic) bond motifs is 5. The first kappa shape index (κ1) is 19.2. The number of carbonyl (C=O) groups excluding carboxylic acids is 1. The number of aliphatic hydroxyl groups is 1. The van der Waals surface area contributed by atoms with Crippen LogP contribution in [-0.4, -0.2) is 22.9 Å². The lowest BCUT2D eigenvalue weighted by Gasteiger charge is -2.58. The molecular formula is C23H35NO3. The van der Waals surface area contributed by atoms with E-state index in [0.717, 1.165) is 42.7 Å². The Morgan fingerprint density at radius 2 is 1.89 bits per heavy atom. The molecule has 4 aliphatic carbocycles. The van der Waals surface area contributed by atoms with Crippen molar-refractivity contribution in [2.75, 3.05) is 0 Å². The van der Waals surface area contributed by atoms with Crippen molar-refractivity contribution in [3.63, 3.8) is 0 Å². The number of carbonyl (C=O) groups is 1. The molecule has 1 N–H and O–H groups in total. The second-order valence-electron chi connectivity index (χ2n) is 10.1. The second kappa shape index (κ2) is 6.72. The fourth-order valence-corrected chi connectivity index (χ4v) is 7.60. The molecule has 4 heteroatoms. The molecule has 3 saturated carbocycles. The first-order chi connectivity index (χ1) is 12.8. The number of hydrogen-bond acceptors (Lipinski definition) is 4. The first-order valence-corrected chi connectivity index (χ1v) is 10.9. The van der Waals surface area contributed by atoms with E-state index in [2.05, 4.69) is 25.1 Å². The summed E-state index contributed by atoms with van der Waals surface area (Å²) in [5.41, 5.74) is 3.11. The molecule has 0 radical (unpaired) electrons. The van der Waals surface area contributed by atoms with E-state index in [1.807, 2.05) is 6.92 Å². The van der Waals surface area contributed by atoms with E-state index < -0.39 is 0 Å². The molecule has 0 aromatic carbocycles. The zero-order chi connectivity index (χ0) is 19.4. The quantitative estimate of drug-likeness (QED) is 0.325. The molecule has 0 amide bonds. The van der Waals surface area contributed by atoms with E-state index in [-0.39, 0.29) is 17.5 Å². The number of rotatable bonds is 2. The third-order valence-corrected chi connectivity index (χ3v) is 8.91. The Balaban J connectivity index is 1.58. The van der Waals surface area contributed by atoms with Crippen LogP contribution < -0.4 is 0 Å². The molecule has 4 aliphatic rings. The van der Waals surface area contributed by atoms with E-state index >= 15 is 0 Å². The minimum absolute atomic E-state index is 0.227. The lowest BCUT2D eigenvalue weighted by molar-refractivity contribution is -0.141. The van der Waals surface area contributed by atoms with Crippen molar-refractivity contribution in [1.82, 2.24) is 0 Å². The standard InChI is InChI=1S/C23H35NO3/c1-14(24-27-15(2)25)19-7-8-20-18-6-5-16-13-17(26)9-11-22(16,3)21(18)10-12-23(19,20)4/h13,17-21,26H,5-12H2,1-4H3/b24-14+/t17?,18-,19+,20-,21-,22-,23+/m0/s1. The lowest BCUT2D eigenvalue weighted by Crippen LogP contribution is -2.51. The monoisotopic (exact) mass is 373 g/mol. The third-order valence-electron chi connectivity index (χ3n) is 8.91. The number of allylic oxidation sites excluding steroid dienone is 1. The average molecular weight is 374 g/mol. The van der Waals surface area contributed by atoms with Crippen LogP contribution in [0.15, 0.2) is 16.8 Å². The highest BCUT2D eigenvalue weighted by atomic mass is 16.7. The van der Waals surface area contributed by atoms with Crippen LogP contribution in [0.25, 0.3) is 0 Å². The molecule has 4 nitrogen and oxygen atoms in total. The molecule has 0 spiro atoms. The molecule has 0 aliphatic heterocycles. The van der Waals surface area contributed by atoms with Crippen LogP contribution in [-0.2, 0) is 9.63 Å². The van der Waals surface area contributed by atoms with Crippen LogP contribution in [0.2, 0.25) is 0 Å². The van der Waals surface area contributed by atoms with E-state index in [9.17, 15) is 9.90 Å². The van der Waals surface area contributed by atoms with E-state index in [1.165, 1.54) is 44.6 Å². The Morgan fingerprint density at radius 1 is 1.11 bits per heavy atom. The van der Waals surface area contributed by atoms with E-state index in [1.54, 1.807) is 0 Å². The Labute approximate surface area is 163 Å². The molecule has 4 rings (SSSR count). The molecule has 0 saturated heterocycles. The average Bonchev–Trinajstić information content (AvgIpc) is 2.97. The smallest absolute Gasteiger partial charge is 0.331 e. The van der Waals surface area contributed by atoms with Gasteiger partial charge in [-0.05, 0) is 86.9 Å². The molecule has 0 aromatic heterocycles. The Bertz CT molecular complexity index is 683. The summed E-state index contributed by atoms with van der Waals surface area (Å²) in [6.07, 6.45) is 11.4. The molecule has 1 unspecified atom stereocenters. The van der Waals surface area contributed by atoms with Gasteiger partial charge in [0.1, 0.15) is 0 Å². The normalized spacial score (nSPS) is 46.8. The minimum atomic E-state index is -0.336. The molecule has 3 fully saturated rings. The summed E-state index contributed by atoms with van der Waals surface area (Å²) in [7, 11) is 0. The van der Waals surface area contributed by atoms with Gasteiger partial charge in [-0.1, -0.05) is 30.7 Å². The summed E-state index contributed by atoms with van der Waals surface area (Å²) in [5, 5.41) is 14.3. The zero-order valence-corrected chi connectivity index (χ0v) is 17.3. The second-order valence-corrected chi connectivity index (χ2v) is 10.1. The number of aliphatic hydroxyl groups excluding tert-OH is 1. The van der Waals surface area contributed by atoms with Gasteiger partial charge in [0, 0.05) is 12.8 Å². The number of nitrogens with zero attached hydrogens (tertiary/aromatic N) is 1. The number of hydrogen-bond donors (Lipinski definition) is 1. The lowest BCUT2D eigenvalue weighted by atomic mass is 9.46. The summed E-state index contributed by atoms with van der Waals surface area (Å²) in [5.74, 6) is 2.38. The van der Waals surface area contributed by atoms with Crippen molar-refractivity contribution < 1.29 is 14.7 Å². The van der Waals surface area contributed by atoms with Crippen molar-refractivity contribution in [2.24, 2.45) is 39.7 Å². The van der Waals surface area contributed by atoms with Crippen LogP contribution >= 0.6 is 0 Å². The largest absolute Gasteiger partial charge is 0.389 e. The Kier molecular flexibility index (Phi) is 4.77. The van der Waals surface area contributed by atoms with Crippen molar-refractivity contribution in [2.45, 2.75) is 85.2 Å². The van der Waals surface area contributed by atoms with Gasteiger partial charge in [-0.3, -0.25) is 0 Å². The van der Waals surface area contributed by atoms with Gasteiger partial charge in [0.2, 0.25) is 0 Å². The first-order valence-electron chi connectivity index (χ1n) is 10.9. The van der Waals surface area contributed by atoms with Crippen LogP contribution in [0.5, 0.6) is 0 Å². The van der Waals surface area contributed by atoms with Gasteiger partial charge in [-0.25, -0.2) is 4.79 Å². The van der Waals surface area contributed by atoms with Crippen molar-refractivity contribution >= 4 is 11.7 Å². The highest BCUT2D eigenvalue weighted by Crippen LogP contribution is 2.66. The summed E-state index contributed by atoms with van der Waals surface area (Å²) in [6.45, 7) is 8.40. The SMILES string of the molecule is CC(=O)O/N=C(\C)[C@H]1CC[C@H]2[C@@H]3CCC4=CC(O)CC[C@]4(C)[C@H]3CC[C@]12C. The van der Waals surface area contributed by atoms with Crippen LogP contribution in [0.4, 0.5) is 0 Å². The van der Waals surface area contributed by atoms with Crippen molar-refractivity contribution in [3.05, 3.63) is 11.6 Å². The van der Waals surface area contributed by atoms with Gasteiger partial charge in [0.25, 0.3) is 0 Å². The Morgan fingerprint density at radius 3 is 2.63 bits per heavy atom. The molecule has 27 heavy (non-hydrogen) atoms. The minimum Gasteiger partial charge on any atom is -0.389 e. The Hall–Kier alpha value is -1.16. The van der Waals surface area contributed by atoms with Crippen LogP contribution in [0.3, 0.4) is 0 Å². The maximum atomic E-state index is 11.2. The fourth-order valence-electron chi connectivity index (χ4n) is 7.60. The van der Waals surface area contributed by atoms with Gasteiger partial charge in [0.05, 0.1) is 11.8 Å². The van der Waals surface area contributed by atoms with Gasteiger partial charge in [0.15, 0.2) is 0 Å². The maximum Gasteiger partial charge on any atom is 0.331 e. The topological polar surface area (TPSA) is 58.9 Å². The van der Waals surface area contributed by atoms with Crippen molar-refractivity contribution in [1.29, 1.82) is 0 Å². The van der Waals surface area contributed by atoms with Gasteiger partial charge in [-0.15, -0.1) is 0 Å². The van der Waals surface area contributed by atoms with Crippen molar-refractivity contribution in [3.8, 4) is 0 Å². The summed E-state index contributed by atoms with van der Waals surface area (Å²) in [4.78, 5) is 16.1. The van der Waals surface area contributed by atoms with E-state index in [4.69, 9.17) is 4.84 Å². The summed E-state index contributed by atoms with van der Waals surface area (Å²) in [6, 6.07) is 0. The summed E-state index contributed by atoms with van der Waals surface area (Å²) < 4.78 is 0. The highest BCUT2D eigenvalue weighted by molar-refractivity contribution is 5.85. The predicted molar refractivity (Wildman–Crippen MR) is 106 cm³/mol. The highest BCUT2D eigenvalue weighted by Gasteiger charge is 2.59. The fraction of sp³-hybridized carbons (Fsp3) is 0.826. The van der Waals surface area contributed by atoms with Gasteiger partial charge >= 0.3 is 5.97 Å². The molecule has 150 valence electrons. The van der Waals surface area contributed by atoms with Gasteiger partial charge in [-0.2, -0.15) is 0 Å². The van der Waals surface area contributed by atoms with Gasteiger partial charge < -0.3 is 9.94 Å². The number of oxime groups is 1. The van der Waals surface area contributed by atoms with E-state index in [0.29, 0.717) is 11.3 Å². The predicted octanol–water partition coefficient (Wildman–Crippen LogP) is 4.87. The molecule has 0 aromatic rings. The summed E-state index contributed by atoms with van der Waals surface area (Å²) >= 11 is 0. The molecule has 7 atom stereocenters. The molecule has 0 bridgehead atoms. The third kappa shape index (κ3) is 2.99. The molecule has 0 heterocycles.